The number of oxazole rings is 1. The van der Waals surface area contributed by atoms with Gasteiger partial charge >= 0.3 is 0 Å². The van der Waals surface area contributed by atoms with E-state index in [1.165, 1.54) is 11.3 Å². The molecule has 0 saturated carbocycles. The number of amides is 2. The average molecular weight is 410 g/mol. The lowest BCUT2D eigenvalue weighted by molar-refractivity contribution is -0.121. The summed E-state index contributed by atoms with van der Waals surface area (Å²) in [5.41, 5.74) is 1.39. The molecular formula is C21H22N4O3S. The first-order valence-electron chi connectivity index (χ1n) is 9.55. The highest BCUT2D eigenvalue weighted by atomic mass is 32.1. The largest absolute Gasteiger partial charge is 0.440 e. The van der Waals surface area contributed by atoms with Crippen molar-refractivity contribution in [2.75, 3.05) is 18.4 Å². The first kappa shape index (κ1) is 19.3. The molecule has 4 rings (SSSR count). The fourth-order valence-electron chi connectivity index (χ4n) is 3.37. The molecule has 8 heteroatoms. The molecule has 0 radical (unpaired) electrons. The lowest BCUT2D eigenvalue weighted by Crippen LogP contribution is -2.41. The summed E-state index contributed by atoms with van der Waals surface area (Å²) in [5, 5.41) is 4.81. The van der Waals surface area contributed by atoms with E-state index in [-0.39, 0.29) is 17.7 Å². The minimum absolute atomic E-state index is 0.0500. The Morgan fingerprint density at radius 2 is 2.00 bits per heavy atom. The number of nitrogens with zero attached hydrogens (tertiary/aromatic N) is 3. The molecule has 1 saturated heterocycles. The molecule has 0 bridgehead atoms. The molecule has 3 aromatic rings. The number of hydrogen-bond donors (Lipinski definition) is 1. The lowest BCUT2D eigenvalue weighted by Gasteiger charge is -2.30. The van der Waals surface area contributed by atoms with Gasteiger partial charge in [0.2, 0.25) is 11.8 Å². The maximum Gasteiger partial charge on any atom is 0.276 e. The summed E-state index contributed by atoms with van der Waals surface area (Å²) in [5.74, 6) is 1.21. The van der Waals surface area contributed by atoms with E-state index in [4.69, 9.17) is 4.42 Å². The Kier molecular flexibility index (Phi) is 5.44. The fourth-order valence-corrected chi connectivity index (χ4v) is 4.01. The number of thiophene rings is 1. The first-order valence-corrected chi connectivity index (χ1v) is 10.4. The van der Waals surface area contributed by atoms with Gasteiger partial charge in [-0.15, -0.1) is 11.3 Å². The second-order valence-electron chi connectivity index (χ2n) is 7.18. The molecule has 3 aromatic heterocycles. The highest BCUT2D eigenvalue weighted by Crippen LogP contribution is 2.27. The molecule has 1 fully saturated rings. The zero-order valence-electron chi connectivity index (χ0n) is 16.3. The molecule has 0 unspecified atom stereocenters. The van der Waals surface area contributed by atoms with Crippen LogP contribution in [0.1, 0.15) is 34.7 Å². The lowest BCUT2D eigenvalue weighted by atomic mass is 9.95. The van der Waals surface area contributed by atoms with E-state index in [2.05, 4.69) is 15.3 Å². The third kappa shape index (κ3) is 4.22. The first-order chi connectivity index (χ1) is 14.0. The van der Waals surface area contributed by atoms with Crippen LogP contribution in [0.5, 0.6) is 0 Å². The zero-order chi connectivity index (χ0) is 20.4. The van der Waals surface area contributed by atoms with E-state index < -0.39 is 0 Å². The number of rotatable bonds is 4. The third-order valence-electron chi connectivity index (χ3n) is 5.05. The van der Waals surface area contributed by atoms with Gasteiger partial charge in [0, 0.05) is 25.2 Å². The van der Waals surface area contributed by atoms with Crippen LogP contribution in [0.15, 0.2) is 40.3 Å². The van der Waals surface area contributed by atoms with Gasteiger partial charge in [0.15, 0.2) is 5.69 Å². The van der Waals surface area contributed by atoms with Crippen molar-refractivity contribution in [2.45, 2.75) is 26.7 Å². The number of carbonyl (C=O) groups excluding carboxylic acids is 2. The molecule has 0 atom stereocenters. The SMILES string of the molecule is Cc1ccc(NC(=O)C2CCN(C(=O)c3nc(-c4cccs4)oc3C)CC2)nc1. The number of aromatic nitrogens is 2. The Hall–Kier alpha value is -3.00. The van der Waals surface area contributed by atoms with Gasteiger partial charge in [-0.25, -0.2) is 9.97 Å². The van der Waals surface area contributed by atoms with Crippen molar-refractivity contribution in [1.29, 1.82) is 0 Å². The minimum Gasteiger partial charge on any atom is -0.440 e. The van der Waals surface area contributed by atoms with Crippen LogP contribution in [0.2, 0.25) is 0 Å². The highest BCUT2D eigenvalue weighted by Gasteiger charge is 2.30. The molecule has 1 aliphatic rings. The van der Waals surface area contributed by atoms with E-state index in [9.17, 15) is 9.59 Å². The number of nitrogens with one attached hydrogen (secondary N) is 1. The molecule has 0 spiro atoms. The third-order valence-corrected chi connectivity index (χ3v) is 5.90. The van der Waals surface area contributed by atoms with Gasteiger partial charge in [0.05, 0.1) is 4.88 Å². The number of pyridine rings is 1. The summed E-state index contributed by atoms with van der Waals surface area (Å²) in [7, 11) is 0. The Morgan fingerprint density at radius 1 is 1.21 bits per heavy atom. The topological polar surface area (TPSA) is 88.3 Å². The van der Waals surface area contributed by atoms with Crippen LogP contribution in [-0.4, -0.2) is 39.8 Å². The van der Waals surface area contributed by atoms with Crippen molar-refractivity contribution in [1.82, 2.24) is 14.9 Å². The number of likely N-dealkylation sites (tertiary alicyclic amines) is 1. The predicted molar refractivity (Wildman–Crippen MR) is 111 cm³/mol. The summed E-state index contributed by atoms with van der Waals surface area (Å²) in [6.07, 6.45) is 2.94. The van der Waals surface area contributed by atoms with Gasteiger partial charge in [-0.05, 0) is 49.8 Å². The average Bonchev–Trinajstić information content (AvgIpc) is 3.39. The smallest absolute Gasteiger partial charge is 0.276 e. The van der Waals surface area contributed by atoms with Gasteiger partial charge in [-0.2, -0.15) is 0 Å². The van der Waals surface area contributed by atoms with Crippen molar-refractivity contribution in [3.8, 4) is 10.8 Å². The molecule has 1 aliphatic heterocycles. The maximum atomic E-state index is 12.9. The van der Waals surface area contributed by atoms with E-state index in [1.807, 2.05) is 30.5 Å². The second kappa shape index (κ2) is 8.16. The minimum atomic E-state index is -0.145. The maximum absolute atomic E-state index is 12.9. The second-order valence-corrected chi connectivity index (χ2v) is 8.13. The monoisotopic (exact) mass is 410 g/mol. The van der Waals surface area contributed by atoms with Gasteiger partial charge in [-0.1, -0.05) is 12.1 Å². The van der Waals surface area contributed by atoms with Crippen molar-refractivity contribution in [2.24, 2.45) is 5.92 Å². The van der Waals surface area contributed by atoms with E-state index in [1.54, 1.807) is 24.1 Å². The van der Waals surface area contributed by atoms with Crippen LogP contribution in [-0.2, 0) is 4.79 Å². The van der Waals surface area contributed by atoms with Crippen molar-refractivity contribution in [3.05, 3.63) is 52.9 Å². The van der Waals surface area contributed by atoms with Crippen molar-refractivity contribution in [3.63, 3.8) is 0 Å². The number of anilines is 1. The normalized spacial score (nSPS) is 14.8. The predicted octanol–water partition coefficient (Wildman–Crippen LogP) is 3.91. The van der Waals surface area contributed by atoms with Gasteiger partial charge in [-0.3, -0.25) is 9.59 Å². The molecule has 7 nitrogen and oxygen atoms in total. The van der Waals surface area contributed by atoms with Crippen LogP contribution in [0, 0.1) is 19.8 Å². The summed E-state index contributed by atoms with van der Waals surface area (Å²) >= 11 is 1.52. The van der Waals surface area contributed by atoms with Crippen LogP contribution < -0.4 is 5.32 Å². The van der Waals surface area contributed by atoms with Gasteiger partial charge in [0.1, 0.15) is 11.6 Å². The number of hydrogen-bond acceptors (Lipinski definition) is 6. The van der Waals surface area contributed by atoms with Gasteiger partial charge < -0.3 is 14.6 Å². The molecule has 0 aliphatic carbocycles. The zero-order valence-corrected chi connectivity index (χ0v) is 17.2. The Balaban J connectivity index is 1.36. The van der Waals surface area contributed by atoms with Crippen molar-refractivity contribution >= 4 is 29.0 Å². The van der Waals surface area contributed by atoms with Crippen LogP contribution in [0.25, 0.3) is 10.8 Å². The Labute approximate surface area is 172 Å². The Bertz CT molecular complexity index is 1000. The standard InChI is InChI=1S/C21H22N4O3S/c1-13-5-6-17(22-12-13)23-19(26)15-7-9-25(10-8-15)21(27)18-14(2)28-20(24-18)16-4-3-11-29-16/h3-6,11-12,15H,7-10H2,1-2H3,(H,22,23,26). The van der Waals surface area contributed by atoms with Gasteiger partial charge in [0.25, 0.3) is 5.91 Å². The number of carbonyl (C=O) groups is 2. The van der Waals surface area contributed by atoms with Crippen LogP contribution in [0.4, 0.5) is 5.82 Å². The number of piperidine rings is 1. The van der Waals surface area contributed by atoms with E-state index >= 15 is 0 Å². The molecule has 4 heterocycles. The van der Waals surface area contributed by atoms with Crippen LogP contribution >= 0.6 is 11.3 Å². The molecule has 150 valence electrons. The fraction of sp³-hybridized carbons (Fsp3) is 0.333. The quantitative estimate of drug-likeness (QED) is 0.705. The summed E-state index contributed by atoms with van der Waals surface area (Å²) in [6, 6.07) is 7.54. The summed E-state index contributed by atoms with van der Waals surface area (Å²) in [6.45, 7) is 4.73. The highest BCUT2D eigenvalue weighted by molar-refractivity contribution is 7.13. The summed E-state index contributed by atoms with van der Waals surface area (Å²) in [4.78, 5) is 36.7. The van der Waals surface area contributed by atoms with E-state index in [0.29, 0.717) is 49.1 Å². The Morgan fingerprint density at radius 3 is 2.66 bits per heavy atom. The summed E-state index contributed by atoms with van der Waals surface area (Å²) < 4.78 is 5.69. The van der Waals surface area contributed by atoms with E-state index in [0.717, 1.165) is 10.4 Å². The van der Waals surface area contributed by atoms with Crippen LogP contribution in [0.3, 0.4) is 0 Å². The molecule has 1 N–H and O–H groups in total. The van der Waals surface area contributed by atoms with Crippen molar-refractivity contribution < 1.29 is 14.0 Å². The molecule has 0 aromatic carbocycles. The molecular weight excluding hydrogens is 388 g/mol. The molecule has 29 heavy (non-hydrogen) atoms. The number of aryl methyl sites for hydroxylation is 2. The molecule has 2 amide bonds.